The molecule has 0 unspecified atom stereocenters. The summed E-state index contributed by atoms with van der Waals surface area (Å²) in [7, 11) is 4.51. The number of phenols is 1. The third kappa shape index (κ3) is 8.76. The first-order valence-corrected chi connectivity index (χ1v) is 14.1. The van der Waals surface area contributed by atoms with Crippen LogP contribution in [0.25, 0.3) is 0 Å². The molecule has 0 aliphatic heterocycles. The van der Waals surface area contributed by atoms with Crippen molar-refractivity contribution in [1.29, 1.82) is 0 Å². The highest BCUT2D eigenvalue weighted by atomic mass is 16.5. The number of carbonyl (C=O) groups excluding carboxylic acids is 4. The number of nitrogens with one attached hydrogen (secondary N) is 4. The Kier molecular flexibility index (Phi) is 11.2. The van der Waals surface area contributed by atoms with E-state index >= 15 is 0 Å². The van der Waals surface area contributed by atoms with E-state index in [4.69, 9.17) is 14.2 Å². The summed E-state index contributed by atoms with van der Waals surface area (Å²) in [4.78, 5) is 52.4. The average Bonchev–Trinajstić information content (AvgIpc) is 3.07. The van der Waals surface area contributed by atoms with Crippen LogP contribution in [0.3, 0.4) is 0 Å². The minimum atomic E-state index is -1.15. The van der Waals surface area contributed by atoms with Crippen LogP contribution in [-0.2, 0) is 22.4 Å². The number of ether oxygens (including phenoxy) is 3. The number of rotatable bonds is 12. The molecule has 0 spiro atoms. The highest BCUT2D eigenvalue weighted by Gasteiger charge is 2.24. The molecule has 12 heteroatoms. The van der Waals surface area contributed by atoms with Crippen molar-refractivity contribution < 1.29 is 38.5 Å². The van der Waals surface area contributed by atoms with E-state index in [9.17, 15) is 24.3 Å². The fourth-order valence-corrected chi connectivity index (χ4v) is 4.48. The predicted octanol–water partition coefficient (Wildman–Crippen LogP) is 3.40. The first-order valence-electron chi connectivity index (χ1n) is 14.1. The number of para-hydroxylation sites is 1. The van der Waals surface area contributed by atoms with Crippen molar-refractivity contribution in [2.24, 2.45) is 0 Å². The van der Waals surface area contributed by atoms with Crippen molar-refractivity contribution >= 4 is 29.3 Å². The summed E-state index contributed by atoms with van der Waals surface area (Å²) in [6.45, 7) is 0. The zero-order chi connectivity index (χ0) is 33.1. The number of carbonyl (C=O) groups is 4. The smallest absolute Gasteiger partial charge is 0.261 e. The average molecular weight is 627 g/mol. The maximum atomic E-state index is 13.5. The van der Waals surface area contributed by atoms with Gasteiger partial charge in [-0.2, -0.15) is 0 Å². The van der Waals surface area contributed by atoms with Gasteiger partial charge in [0.15, 0.2) is 11.5 Å². The van der Waals surface area contributed by atoms with E-state index in [2.05, 4.69) is 21.5 Å². The quantitative estimate of drug-likeness (QED) is 0.149. The second kappa shape index (κ2) is 15.6. The fourth-order valence-electron chi connectivity index (χ4n) is 4.48. The summed E-state index contributed by atoms with van der Waals surface area (Å²) in [5, 5.41) is 15.1. The molecule has 4 rings (SSSR count). The van der Waals surface area contributed by atoms with Gasteiger partial charge in [0.2, 0.25) is 5.91 Å². The van der Waals surface area contributed by atoms with Gasteiger partial charge in [-0.1, -0.05) is 30.3 Å². The van der Waals surface area contributed by atoms with E-state index in [0.717, 1.165) is 0 Å². The van der Waals surface area contributed by atoms with Gasteiger partial charge < -0.3 is 30.0 Å². The molecule has 0 bridgehead atoms. The molecule has 5 N–H and O–H groups in total. The van der Waals surface area contributed by atoms with Crippen molar-refractivity contribution in [3.8, 4) is 23.0 Å². The molecule has 4 aromatic carbocycles. The second-order valence-corrected chi connectivity index (χ2v) is 10.0. The minimum Gasteiger partial charge on any atom is -0.508 e. The molecule has 0 aliphatic rings. The molecule has 12 nitrogen and oxygen atoms in total. The van der Waals surface area contributed by atoms with Crippen molar-refractivity contribution in [1.82, 2.24) is 16.2 Å². The monoisotopic (exact) mass is 626 g/mol. The van der Waals surface area contributed by atoms with E-state index in [0.29, 0.717) is 33.9 Å². The summed E-state index contributed by atoms with van der Waals surface area (Å²) in [6.07, 6.45) is -0.0410. The molecular formula is C34H34N4O8. The molecule has 4 aromatic rings. The number of hydrogen-bond acceptors (Lipinski definition) is 8. The highest BCUT2D eigenvalue weighted by molar-refractivity contribution is 6.09. The van der Waals surface area contributed by atoms with Crippen LogP contribution in [-0.4, -0.2) is 56.1 Å². The van der Waals surface area contributed by atoms with Gasteiger partial charge in [-0.3, -0.25) is 30.0 Å². The zero-order valence-corrected chi connectivity index (χ0v) is 25.5. The SMILES string of the molecule is COc1ccc(C(=O)Nc2ccccc2C(=O)N[C@H](Cc2ccc(O)cc2)C(=O)NNC(=O)Cc2ccc(OC)c(OC)c2)cc1. The molecular weight excluding hydrogens is 592 g/mol. The van der Waals surface area contributed by atoms with Crippen LogP contribution < -0.4 is 35.7 Å². The van der Waals surface area contributed by atoms with Crippen LogP contribution in [0.4, 0.5) is 5.69 Å². The first kappa shape index (κ1) is 32.9. The van der Waals surface area contributed by atoms with Crippen LogP contribution in [0, 0.1) is 0 Å². The van der Waals surface area contributed by atoms with Crippen molar-refractivity contribution in [3.05, 3.63) is 113 Å². The lowest BCUT2D eigenvalue weighted by atomic mass is 10.0. The summed E-state index contributed by atoms with van der Waals surface area (Å²) in [6, 6.07) is 22.9. The van der Waals surface area contributed by atoms with Gasteiger partial charge in [-0.15, -0.1) is 0 Å². The number of phenolic OH excluding ortho intramolecular Hbond substituents is 1. The van der Waals surface area contributed by atoms with Crippen LogP contribution >= 0.6 is 0 Å². The normalized spacial score (nSPS) is 11.0. The largest absolute Gasteiger partial charge is 0.508 e. The number of hydrazine groups is 1. The molecule has 0 fully saturated rings. The predicted molar refractivity (Wildman–Crippen MR) is 170 cm³/mol. The lowest BCUT2D eigenvalue weighted by Gasteiger charge is -2.20. The Morgan fingerprint density at radius 3 is 2.07 bits per heavy atom. The Bertz CT molecular complexity index is 1690. The van der Waals surface area contributed by atoms with E-state index in [1.165, 1.54) is 39.5 Å². The van der Waals surface area contributed by atoms with Gasteiger partial charge >= 0.3 is 0 Å². The number of amides is 4. The molecule has 0 saturated carbocycles. The Balaban J connectivity index is 1.47. The lowest BCUT2D eigenvalue weighted by Crippen LogP contribution is -2.53. The van der Waals surface area contributed by atoms with E-state index in [1.807, 2.05) is 0 Å². The van der Waals surface area contributed by atoms with Gasteiger partial charge in [0.05, 0.1) is 39.0 Å². The summed E-state index contributed by atoms with van der Waals surface area (Å²) < 4.78 is 15.6. The Hall–Kier alpha value is -6.04. The fraction of sp³-hybridized carbons (Fsp3) is 0.176. The summed E-state index contributed by atoms with van der Waals surface area (Å²) in [5.41, 5.74) is 6.71. The van der Waals surface area contributed by atoms with E-state index in [-0.39, 0.29) is 29.8 Å². The topological polar surface area (TPSA) is 164 Å². The molecule has 0 saturated heterocycles. The van der Waals surface area contributed by atoms with E-state index < -0.39 is 29.7 Å². The highest BCUT2D eigenvalue weighted by Crippen LogP contribution is 2.27. The van der Waals surface area contributed by atoms with Crippen molar-refractivity contribution in [2.45, 2.75) is 18.9 Å². The maximum Gasteiger partial charge on any atom is 0.261 e. The van der Waals surface area contributed by atoms with Gasteiger partial charge in [0.1, 0.15) is 17.5 Å². The Morgan fingerprint density at radius 1 is 0.717 bits per heavy atom. The summed E-state index contributed by atoms with van der Waals surface area (Å²) in [5.74, 6) is -0.698. The van der Waals surface area contributed by atoms with Crippen LogP contribution in [0.5, 0.6) is 23.0 Å². The molecule has 4 amide bonds. The van der Waals surface area contributed by atoms with Gasteiger partial charge in [0.25, 0.3) is 17.7 Å². The van der Waals surface area contributed by atoms with Gasteiger partial charge in [-0.25, -0.2) is 0 Å². The maximum absolute atomic E-state index is 13.5. The number of benzene rings is 4. The first-order chi connectivity index (χ1) is 22.2. The lowest BCUT2D eigenvalue weighted by molar-refractivity contribution is -0.129. The summed E-state index contributed by atoms with van der Waals surface area (Å²) >= 11 is 0. The zero-order valence-electron chi connectivity index (χ0n) is 25.5. The van der Waals surface area contributed by atoms with Crippen LogP contribution in [0.1, 0.15) is 31.8 Å². The van der Waals surface area contributed by atoms with Gasteiger partial charge in [0, 0.05) is 12.0 Å². The Morgan fingerprint density at radius 2 is 1.39 bits per heavy atom. The molecule has 1 atom stereocenters. The standard InChI is InChI=1S/C34H34N4O8/c1-44-25-15-11-23(12-16-25)32(41)35-27-7-5-4-6-26(27)33(42)36-28(18-21-8-13-24(39)14-9-21)34(43)38-37-31(40)20-22-10-17-29(45-2)30(19-22)46-3/h4-17,19,28,39H,18,20H2,1-3H3,(H,35,41)(H,36,42)(H,37,40)(H,38,43)/t28-/m1/s1. The second-order valence-electron chi connectivity index (χ2n) is 10.0. The molecule has 0 radical (unpaired) electrons. The third-order valence-corrected chi connectivity index (χ3v) is 6.91. The third-order valence-electron chi connectivity index (χ3n) is 6.91. The number of aromatic hydroxyl groups is 1. The minimum absolute atomic E-state index is 0.0315. The number of anilines is 1. The van der Waals surface area contributed by atoms with Crippen molar-refractivity contribution in [2.75, 3.05) is 26.6 Å². The molecule has 0 heterocycles. The molecule has 0 aromatic heterocycles. The molecule has 46 heavy (non-hydrogen) atoms. The molecule has 238 valence electrons. The number of methoxy groups -OCH3 is 3. The Labute approximate surface area is 265 Å². The number of hydrogen-bond donors (Lipinski definition) is 5. The van der Waals surface area contributed by atoms with Crippen molar-refractivity contribution in [3.63, 3.8) is 0 Å². The molecule has 0 aliphatic carbocycles. The van der Waals surface area contributed by atoms with Crippen LogP contribution in [0.15, 0.2) is 91.0 Å². The van der Waals surface area contributed by atoms with Gasteiger partial charge in [-0.05, 0) is 71.8 Å². The van der Waals surface area contributed by atoms with E-state index in [1.54, 1.807) is 72.8 Å². The van der Waals surface area contributed by atoms with Crippen LogP contribution in [0.2, 0.25) is 0 Å².